The van der Waals surface area contributed by atoms with Crippen molar-refractivity contribution in [2.45, 2.75) is 44.6 Å². The van der Waals surface area contributed by atoms with Crippen LogP contribution in [-0.2, 0) is 11.3 Å². The lowest BCUT2D eigenvalue weighted by atomic mass is 9.91. The van der Waals surface area contributed by atoms with Gasteiger partial charge >= 0.3 is 0 Å². The van der Waals surface area contributed by atoms with Crippen molar-refractivity contribution in [3.8, 4) is 11.3 Å². The summed E-state index contributed by atoms with van der Waals surface area (Å²) in [6, 6.07) is 1.99. The van der Waals surface area contributed by atoms with Crippen LogP contribution >= 0.6 is 0 Å². The van der Waals surface area contributed by atoms with E-state index >= 15 is 0 Å². The summed E-state index contributed by atoms with van der Waals surface area (Å²) in [5, 5.41) is 14.4. The number of aromatic nitrogens is 4. The van der Waals surface area contributed by atoms with E-state index in [2.05, 4.69) is 27.1 Å². The molecule has 0 radical (unpaired) electrons. The van der Waals surface area contributed by atoms with Gasteiger partial charge in [0.15, 0.2) is 0 Å². The molecule has 5 rings (SSSR count). The molecular formula is C24H34N6O2. The minimum Gasteiger partial charge on any atom is -0.394 e. The van der Waals surface area contributed by atoms with E-state index in [1.165, 1.54) is 18.4 Å². The first kappa shape index (κ1) is 21.6. The maximum absolute atomic E-state index is 9.49. The molecule has 8 nitrogen and oxygen atoms in total. The Morgan fingerprint density at radius 3 is 2.88 bits per heavy atom. The van der Waals surface area contributed by atoms with Crippen LogP contribution in [0.4, 0.5) is 5.95 Å². The van der Waals surface area contributed by atoms with Gasteiger partial charge in [0.25, 0.3) is 0 Å². The van der Waals surface area contributed by atoms with Gasteiger partial charge in [-0.25, -0.2) is 9.97 Å². The fourth-order valence-electron chi connectivity index (χ4n) is 5.15. The number of aliphatic hydroxyl groups is 1. The topological polar surface area (TPSA) is 79.5 Å². The fraction of sp³-hybridized carbons (Fsp3) is 0.625. The molecule has 0 amide bonds. The van der Waals surface area contributed by atoms with E-state index in [0.717, 1.165) is 88.1 Å². The second kappa shape index (κ2) is 10.1. The van der Waals surface area contributed by atoms with Crippen molar-refractivity contribution in [2.75, 3.05) is 57.4 Å². The molecule has 3 aliphatic heterocycles. The van der Waals surface area contributed by atoms with Crippen molar-refractivity contribution < 1.29 is 9.84 Å². The summed E-state index contributed by atoms with van der Waals surface area (Å²) in [6.45, 7) is 7.32. The quantitative estimate of drug-likeness (QED) is 0.665. The number of hydrogen-bond donors (Lipinski definition) is 1. The third-order valence-electron chi connectivity index (χ3n) is 6.73. The molecule has 2 aromatic rings. The third-order valence-corrected chi connectivity index (χ3v) is 6.73. The number of rotatable bonds is 7. The van der Waals surface area contributed by atoms with Crippen LogP contribution in [0.25, 0.3) is 11.3 Å². The molecule has 0 spiro atoms. The third kappa shape index (κ3) is 4.87. The molecule has 5 heterocycles. The molecule has 3 aliphatic rings. The minimum absolute atomic E-state index is 0.0777. The van der Waals surface area contributed by atoms with Gasteiger partial charge < -0.3 is 14.7 Å². The van der Waals surface area contributed by atoms with Gasteiger partial charge in [0, 0.05) is 50.1 Å². The number of anilines is 1. The van der Waals surface area contributed by atoms with Crippen LogP contribution in [0.1, 0.15) is 43.7 Å². The zero-order valence-electron chi connectivity index (χ0n) is 18.8. The van der Waals surface area contributed by atoms with Crippen LogP contribution in [0.3, 0.4) is 0 Å². The zero-order chi connectivity index (χ0) is 21.8. The number of ether oxygens (including phenoxy) is 1. The zero-order valence-corrected chi connectivity index (χ0v) is 18.8. The molecule has 1 unspecified atom stereocenters. The summed E-state index contributed by atoms with van der Waals surface area (Å²) in [7, 11) is 0. The van der Waals surface area contributed by atoms with Crippen molar-refractivity contribution in [1.82, 2.24) is 24.6 Å². The molecule has 0 aliphatic carbocycles. The molecule has 1 atom stereocenters. The number of likely N-dealkylation sites (tertiary alicyclic amines) is 1. The van der Waals surface area contributed by atoms with Crippen LogP contribution in [0, 0.1) is 0 Å². The number of piperidine rings is 1. The molecule has 0 saturated carbocycles. The number of aliphatic hydroxyl groups excluding tert-OH is 1. The van der Waals surface area contributed by atoms with E-state index in [1.807, 2.05) is 16.9 Å². The lowest BCUT2D eigenvalue weighted by molar-refractivity contribution is 0.137. The minimum atomic E-state index is 0.0777. The van der Waals surface area contributed by atoms with E-state index in [0.29, 0.717) is 12.5 Å². The van der Waals surface area contributed by atoms with Crippen LogP contribution in [0.15, 0.2) is 30.1 Å². The maximum Gasteiger partial charge on any atom is 0.225 e. The summed E-state index contributed by atoms with van der Waals surface area (Å²) >= 11 is 0. The second-order valence-electron chi connectivity index (χ2n) is 9.13. The molecule has 32 heavy (non-hydrogen) atoms. The highest BCUT2D eigenvalue weighted by atomic mass is 16.5. The van der Waals surface area contributed by atoms with Gasteiger partial charge in [-0.1, -0.05) is 6.08 Å². The second-order valence-corrected chi connectivity index (χ2v) is 9.13. The predicted molar refractivity (Wildman–Crippen MR) is 124 cm³/mol. The molecule has 0 aromatic carbocycles. The highest BCUT2D eigenvalue weighted by Gasteiger charge is 2.28. The Bertz CT molecular complexity index is 936. The van der Waals surface area contributed by atoms with Crippen molar-refractivity contribution >= 4 is 5.95 Å². The SMILES string of the molecule is OCCn1cc(-c2ccnc(N3CCCC3)n2)c(C2CCCN(CC3=CCCOC3)C2)n1. The standard InChI is InChI=1S/C24H34N6O2/c31-13-12-30-17-21(22-7-8-25-24(26-22)29-10-1-2-11-29)23(27-30)20-6-3-9-28(16-20)15-19-5-4-14-32-18-19/h5,7-8,17,20,31H,1-4,6,9-16,18H2. The highest BCUT2D eigenvalue weighted by Crippen LogP contribution is 2.34. The molecule has 1 N–H and O–H groups in total. The molecular weight excluding hydrogens is 404 g/mol. The van der Waals surface area contributed by atoms with Gasteiger partial charge in [-0.15, -0.1) is 0 Å². The number of nitrogens with zero attached hydrogens (tertiary/aromatic N) is 6. The van der Waals surface area contributed by atoms with Crippen molar-refractivity contribution in [3.05, 3.63) is 35.8 Å². The van der Waals surface area contributed by atoms with E-state index < -0.39 is 0 Å². The maximum atomic E-state index is 9.49. The number of hydrogen-bond acceptors (Lipinski definition) is 7. The molecule has 2 aromatic heterocycles. The van der Waals surface area contributed by atoms with Gasteiger partial charge in [0.05, 0.1) is 37.8 Å². The summed E-state index contributed by atoms with van der Waals surface area (Å²) < 4.78 is 7.52. The lowest BCUT2D eigenvalue weighted by Crippen LogP contribution is -2.37. The van der Waals surface area contributed by atoms with Gasteiger partial charge in [-0.2, -0.15) is 5.10 Å². The van der Waals surface area contributed by atoms with Crippen LogP contribution in [-0.4, -0.2) is 82.3 Å². The van der Waals surface area contributed by atoms with Gasteiger partial charge in [0.1, 0.15) is 0 Å². The molecule has 2 fully saturated rings. The van der Waals surface area contributed by atoms with Crippen LogP contribution < -0.4 is 4.90 Å². The summed E-state index contributed by atoms with van der Waals surface area (Å²) in [4.78, 5) is 14.3. The van der Waals surface area contributed by atoms with Crippen molar-refractivity contribution in [2.24, 2.45) is 0 Å². The Morgan fingerprint density at radius 2 is 2.06 bits per heavy atom. The Morgan fingerprint density at radius 1 is 1.16 bits per heavy atom. The average molecular weight is 439 g/mol. The Kier molecular flexibility index (Phi) is 6.80. The Hall–Kier alpha value is -2.29. The van der Waals surface area contributed by atoms with E-state index in [1.54, 1.807) is 0 Å². The van der Waals surface area contributed by atoms with Gasteiger partial charge in [-0.3, -0.25) is 9.58 Å². The first-order valence-corrected chi connectivity index (χ1v) is 12.0. The highest BCUT2D eigenvalue weighted by molar-refractivity contribution is 5.63. The first-order chi connectivity index (χ1) is 15.8. The van der Waals surface area contributed by atoms with E-state index in [4.69, 9.17) is 14.8 Å². The summed E-state index contributed by atoms with van der Waals surface area (Å²) in [5.41, 5.74) is 4.51. The van der Waals surface area contributed by atoms with E-state index in [9.17, 15) is 5.11 Å². The first-order valence-electron chi connectivity index (χ1n) is 12.0. The Balaban J connectivity index is 1.40. The Labute approximate surface area is 189 Å². The fourth-order valence-corrected chi connectivity index (χ4v) is 5.15. The molecule has 2 saturated heterocycles. The average Bonchev–Trinajstić information content (AvgIpc) is 3.51. The summed E-state index contributed by atoms with van der Waals surface area (Å²) in [5.74, 6) is 1.17. The molecule has 8 heteroatoms. The smallest absolute Gasteiger partial charge is 0.225 e. The monoisotopic (exact) mass is 438 g/mol. The predicted octanol–water partition coefficient (Wildman–Crippen LogP) is 2.46. The van der Waals surface area contributed by atoms with E-state index in [-0.39, 0.29) is 6.61 Å². The lowest BCUT2D eigenvalue weighted by Gasteiger charge is -2.33. The van der Waals surface area contributed by atoms with Gasteiger partial charge in [-0.05, 0) is 50.3 Å². The molecule has 172 valence electrons. The normalized spacial score (nSPS) is 22.3. The van der Waals surface area contributed by atoms with Crippen LogP contribution in [0.5, 0.6) is 0 Å². The van der Waals surface area contributed by atoms with Crippen molar-refractivity contribution in [1.29, 1.82) is 0 Å². The molecule has 0 bridgehead atoms. The summed E-state index contributed by atoms with van der Waals surface area (Å²) in [6.07, 6.45) is 12.0. The largest absolute Gasteiger partial charge is 0.394 e. The van der Waals surface area contributed by atoms with Gasteiger partial charge in [0.2, 0.25) is 5.95 Å². The van der Waals surface area contributed by atoms with Crippen LogP contribution in [0.2, 0.25) is 0 Å². The van der Waals surface area contributed by atoms with Crippen molar-refractivity contribution in [3.63, 3.8) is 0 Å².